The van der Waals surface area contributed by atoms with Crippen molar-refractivity contribution >= 4 is 49.4 Å². The number of furan rings is 1. The molecule has 2 heterocycles. The third kappa shape index (κ3) is 2.82. The van der Waals surface area contributed by atoms with Crippen molar-refractivity contribution in [3.63, 3.8) is 0 Å². The summed E-state index contributed by atoms with van der Waals surface area (Å²) in [6.07, 6.45) is 0. The van der Waals surface area contributed by atoms with Gasteiger partial charge in [0.2, 0.25) is 0 Å². The second-order valence-electron chi connectivity index (χ2n) is 8.61. The Morgan fingerprint density at radius 1 is 0.686 bits per heavy atom. The fourth-order valence-electron chi connectivity index (χ4n) is 5.19. The van der Waals surface area contributed by atoms with Gasteiger partial charge in [-0.1, -0.05) is 54.6 Å². The molecule has 0 atom stereocenters. The Morgan fingerprint density at radius 3 is 2.29 bits per heavy atom. The minimum atomic E-state index is -0.347. The summed E-state index contributed by atoms with van der Waals surface area (Å²) in [7, 11) is 0. The molecule has 35 heavy (non-hydrogen) atoms. The first-order valence-electron chi connectivity index (χ1n) is 11.4. The first kappa shape index (κ1) is 19.6. The average molecular weight is 454 g/mol. The molecule has 166 valence electrons. The van der Waals surface area contributed by atoms with Crippen LogP contribution in [0.25, 0.3) is 60.6 Å². The molecule has 0 bridgehead atoms. The Labute approximate surface area is 199 Å². The van der Waals surface area contributed by atoms with Crippen LogP contribution in [0.2, 0.25) is 0 Å². The molecular weight excluding hydrogens is 436 g/mol. The number of para-hydroxylation sites is 3. The van der Waals surface area contributed by atoms with Gasteiger partial charge in [0.05, 0.1) is 26.9 Å². The molecule has 5 aromatic carbocycles. The predicted molar refractivity (Wildman–Crippen MR) is 140 cm³/mol. The van der Waals surface area contributed by atoms with E-state index < -0.39 is 0 Å². The number of hydrogen-bond acceptors (Lipinski definition) is 3. The Bertz CT molecular complexity index is 1930. The molecule has 7 rings (SSSR count). The van der Waals surface area contributed by atoms with E-state index in [1.54, 1.807) is 12.1 Å². The summed E-state index contributed by atoms with van der Waals surface area (Å²) in [6.45, 7) is 0. The summed E-state index contributed by atoms with van der Waals surface area (Å²) in [5, 5.41) is 15.8. The molecule has 2 aromatic heterocycles. The van der Waals surface area contributed by atoms with Crippen molar-refractivity contribution in [1.82, 2.24) is 4.57 Å². The molecule has 0 saturated carbocycles. The van der Waals surface area contributed by atoms with E-state index in [2.05, 4.69) is 47.0 Å². The highest BCUT2D eigenvalue weighted by Gasteiger charge is 2.20. The van der Waals surface area contributed by atoms with Crippen LogP contribution in [0.15, 0.2) is 114 Å². The normalized spacial score (nSPS) is 11.7. The van der Waals surface area contributed by atoms with E-state index in [4.69, 9.17) is 4.42 Å². The molecule has 0 fully saturated rings. The minimum Gasteiger partial charge on any atom is -0.455 e. The number of nitrogens with zero attached hydrogens (tertiary/aromatic N) is 2. The smallest absolute Gasteiger partial charge is 0.277 e. The highest BCUT2D eigenvalue weighted by Crippen LogP contribution is 2.41. The van der Waals surface area contributed by atoms with Crippen molar-refractivity contribution in [2.75, 3.05) is 0 Å². The number of aromatic nitrogens is 1. The van der Waals surface area contributed by atoms with Gasteiger partial charge in [-0.25, -0.2) is 0 Å². The summed E-state index contributed by atoms with van der Waals surface area (Å²) < 4.78 is 8.76. The van der Waals surface area contributed by atoms with Crippen molar-refractivity contribution < 1.29 is 9.34 Å². The fraction of sp³-hybridized carbons (Fsp3) is 0. The van der Waals surface area contributed by atoms with Crippen LogP contribution in [0.3, 0.4) is 0 Å². The van der Waals surface area contributed by atoms with Crippen LogP contribution in [-0.4, -0.2) is 9.49 Å². The topological polar surface area (TPSA) is 61.2 Å². The third-order valence-electron chi connectivity index (χ3n) is 6.70. The first-order valence-corrected chi connectivity index (χ1v) is 11.4. The van der Waals surface area contributed by atoms with Gasteiger partial charge in [0, 0.05) is 27.9 Å². The molecule has 0 unspecified atom stereocenters. The zero-order valence-electron chi connectivity index (χ0n) is 18.5. The third-order valence-corrected chi connectivity index (χ3v) is 6.70. The molecular formula is C30H18N2O3. The molecule has 5 heteroatoms. The van der Waals surface area contributed by atoms with E-state index >= 15 is 0 Å². The Hall–Kier alpha value is -4.90. The maximum Gasteiger partial charge on any atom is 0.277 e. The van der Waals surface area contributed by atoms with Crippen LogP contribution in [0.4, 0.5) is 5.69 Å². The summed E-state index contributed by atoms with van der Waals surface area (Å²) in [5.74, 6) is 0. The minimum absolute atomic E-state index is 0.0799. The number of rotatable bonds is 3. The predicted octanol–water partition coefficient (Wildman–Crippen LogP) is 8.26. The molecule has 0 saturated heterocycles. The summed E-state index contributed by atoms with van der Waals surface area (Å²) in [5.41, 5.74) is 6.22. The van der Waals surface area contributed by atoms with Crippen molar-refractivity contribution in [3.05, 3.63) is 119 Å². The van der Waals surface area contributed by atoms with Crippen LogP contribution in [0.5, 0.6) is 0 Å². The molecule has 7 aromatic rings. The number of nitro benzene ring substituents is 1. The molecule has 0 amide bonds. The van der Waals surface area contributed by atoms with Crippen molar-refractivity contribution in [1.29, 1.82) is 0 Å². The maximum absolute atomic E-state index is 11.6. The lowest BCUT2D eigenvalue weighted by Crippen LogP contribution is -1.92. The fourth-order valence-corrected chi connectivity index (χ4v) is 5.19. The molecule has 0 aliphatic heterocycles. The van der Waals surface area contributed by atoms with E-state index in [-0.39, 0.29) is 10.6 Å². The largest absolute Gasteiger partial charge is 0.455 e. The van der Waals surface area contributed by atoms with Crippen LogP contribution >= 0.6 is 0 Å². The van der Waals surface area contributed by atoms with Crippen molar-refractivity contribution in [2.45, 2.75) is 0 Å². The van der Waals surface area contributed by atoms with E-state index in [9.17, 15) is 10.1 Å². The standard InChI is InChI=1S/C30H18N2O3/c33-32(34)26-13-7-4-10-21(26)19-14-15-22-23-16-17-27-29(30(23)35-28(22)18-19)24-11-5-6-12-25(24)31(27)20-8-2-1-3-9-20/h1-18H. The highest BCUT2D eigenvalue weighted by atomic mass is 16.6. The van der Waals surface area contributed by atoms with Crippen LogP contribution in [-0.2, 0) is 0 Å². The molecule has 0 aliphatic rings. The van der Waals surface area contributed by atoms with Crippen molar-refractivity contribution in [3.8, 4) is 16.8 Å². The second-order valence-corrected chi connectivity index (χ2v) is 8.61. The Morgan fingerprint density at radius 2 is 1.43 bits per heavy atom. The molecule has 5 nitrogen and oxygen atoms in total. The summed E-state index contributed by atoms with van der Waals surface area (Å²) >= 11 is 0. The van der Waals surface area contributed by atoms with Gasteiger partial charge in [0.15, 0.2) is 0 Å². The second kappa shape index (κ2) is 7.30. The SMILES string of the molecule is O=[N+]([O-])c1ccccc1-c1ccc2c(c1)oc1c2ccc2c1c1ccccc1n2-c1ccccc1. The first-order chi connectivity index (χ1) is 17.2. The number of fused-ring (bicyclic) bond motifs is 7. The van der Waals surface area contributed by atoms with Gasteiger partial charge in [-0.2, -0.15) is 0 Å². The quantitative estimate of drug-likeness (QED) is 0.199. The lowest BCUT2D eigenvalue weighted by Gasteiger charge is -2.07. The van der Waals surface area contributed by atoms with E-state index in [0.717, 1.165) is 49.4 Å². The van der Waals surface area contributed by atoms with Gasteiger partial charge >= 0.3 is 0 Å². The van der Waals surface area contributed by atoms with Gasteiger partial charge < -0.3 is 8.98 Å². The lowest BCUT2D eigenvalue weighted by atomic mass is 10.0. The van der Waals surface area contributed by atoms with Gasteiger partial charge in [-0.3, -0.25) is 10.1 Å². The Kier molecular flexibility index (Phi) is 4.08. The van der Waals surface area contributed by atoms with E-state index in [1.807, 2.05) is 48.5 Å². The van der Waals surface area contributed by atoms with Crippen LogP contribution in [0.1, 0.15) is 0 Å². The Balaban J connectivity index is 1.55. The summed E-state index contributed by atoms with van der Waals surface area (Å²) in [4.78, 5) is 11.2. The molecule has 0 spiro atoms. The summed E-state index contributed by atoms with van der Waals surface area (Å²) in [6, 6.07) is 35.5. The monoisotopic (exact) mass is 454 g/mol. The highest BCUT2D eigenvalue weighted by molar-refractivity contribution is 6.24. The number of nitro groups is 1. The van der Waals surface area contributed by atoms with Crippen LogP contribution < -0.4 is 0 Å². The molecule has 0 radical (unpaired) electrons. The van der Waals surface area contributed by atoms with Crippen molar-refractivity contribution in [2.24, 2.45) is 0 Å². The molecule has 0 aliphatic carbocycles. The van der Waals surface area contributed by atoms with Gasteiger partial charge in [0.25, 0.3) is 5.69 Å². The maximum atomic E-state index is 11.6. The lowest BCUT2D eigenvalue weighted by molar-refractivity contribution is -0.384. The van der Waals surface area contributed by atoms with Gasteiger partial charge in [-0.15, -0.1) is 0 Å². The number of benzene rings is 5. The van der Waals surface area contributed by atoms with E-state index in [0.29, 0.717) is 11.1 Å². The van der Waals surface area contributed by atoms with Crippen LogP contribution in [0, 0.1) is 10.1 Å². The average Bonchev–Trinajstić information content (AvgIpc) is 3.44. The van der Waals surface area contributed by atoms with Gasteiger partial charge in [-0.05, 0) is 54.1 Å². The zero-order valence-corrected chi connectivity index (χ0v) is 18.5. The van der Waals surface area contributed by atoms with E-state index in [1.165, 1.54) is 6.07 Å². The van der Waals surface area contributed by atoms with Gasteiger partial charge in [0.1, 0.15) is 11.2 Å². The molecule has 0 N–H and O–H groups in total. The number of hydrogen-bond donors (Lipinski definition) is 0. The zero-order chi connectivity index (χ0) is 23.5.